The molecule has 1 saturated carbocycles. The summed E-state index contributed by atoms with van der Waals surface area (Å²) in [6.07, 6.45) is 4.54. The lowest BCUT2D eigenvalue weighted by Crippen LogP contribution is -2.51. The molecule has 2 fully saturated rings. The maximum Gasteiger partial charge on any atom is 0.354 e. The van der Waals surface area contributed by atoms with Crippen LogP contribution < -0.4 is 10.1 Å². The zero-order valence-corrected chi connectivity index (χ0v) is 16.0. The molecule has 2 aliphatic rings. The first-order valence-corrected chi connectivity index (χ1v) is 9.88. The summed E-state index contributed by atoms with van der Waals surface area (Å²) < 4.78 is 5.70. The number of carboxylic acid groups (broad SMARTS) is 1. The molecule has 8 nitrogen and oxygen atoms in total. The van der Waals surface area contributed by atoms with Crippen molar-refractivity contribution in [2.75, 3.05) is 13.2 Å². The maximum atomic E-state index is 12.7. The second-order valence-electron chi connectivity index (χ2n) is 7.50. The molecule has 1 aromatic carbocycles. The van der Waals surface area contributed by atoms with Crippen molar-refractivity contribution in [1.29, 1.82) is 0 Å². The predicted molar refractivity (Wildman–Crippen MR) is 105 cm³/mol. The van der Waals surface area contributed by atoms with Crippen LogP contribution in [0.1, 0.15) is 42.6 Å². The molecule has 0 radical (unpaired) electrons. The number of likely N-dealkylation sites (tertiary alicyclic amines) is 1. The summed E-state index contributed by atoms with van der Waals surface area (Å²) in [6, 6.07) is 8.09. The second kappa shape index (κ2) is 8.06. The molecule has 1 aliphatic heterocycles. The van der Waals surface area contributed by atoms with E-state index >= 15 is 0 Å². The van der Waals surface area contributed by atoms with E-state index in [2.05, 4.69) is 10.3 Å². The average Bonchev–Trinajstić information content (AvgIpc) is 3.18. The summed E-state index contributed by atoms with van der Waals surface area (Å²) in [5.41, 5.74) is 0.332. The number of hydrogen-bond donors (Lipinski definition) is 2. The second-order valence-corrected chi connectivity index (χ2v) is 7.50. The van der Waals surface area contributed by atoms with E-state index in [9.17, 15) is 19.5 Å². The molecule has 8 heteroatoms. The molecule has 2 amide bonds. The van der Waals surface area contributed by atoms with Crippen molar-refractivity contribution in [2.24, 2.45) is 0 Å². The van der Waals surface area contributed by atoms with Crippen LogP contribution in [0.4, 0.5) is 0 Å². The van der Waals surface area contributed by atoms with E-state index in [1.165, 1.54) is 6.07 Å². The van der Waals surface area contributed by atoms with Gasteiger partial charge in [-0.1, -0.05) is 12.1 Å². The highest BCUT2D eigenvalue weighted by Crippen LogP contribution is 2.26. The number of benzene rings is 1. The molecule has 0 bridgehead atoms. The average molecular weight is 397 g/mol. The number of hydrogen-bond acceptors (Lipinski definition) is 5. The van der Waals surface area contributed by atoms with Gasteiger partial charge in [-0.05, 0) is 44.2 Å². The van der Waals surface area contributed by atoms with Gasteiger partial charge in [0.15, 0.2) is 12.3 Å². The fourth-order valence-corrected chi connectivity index (χ4v) is 3.78. The van der Waals surface area contributed by atoms with Gasteiger partial charge in [0, 0.05) is 24.0 Å². The summed E-state index contributed by atoms with van der Waals surface area (Å²) in [5, 5.41) is 12.9. The lowest BCUT2D eigenvalue weighted by atomic mass is 9.93. The van der Waals surface area contributed by atoms with Gasteiger partial charge in [-0.3, -0.25) is 9.59 Å². The molecule has 1 aliphatic carbocycles. The third-order valence-electron chi connectivity index (χ3n) is 5.58. The summed E-state index contributed by atoms with van der Waals surface area (Å²) in [7, 11) is 0. The Morgan fingerprint density at radius 1 is 1.17 bits per heavy atom. The van der Waals surface area contributed by atoms with Crippen LogP contribution >= 0.6 is 0 Å². The van der Waals surface area contributed by atoms with Gasteiger partial charge in [-0.25, -0.2) is 9.78 Å². The van der Waals surface area contributed by atoms with Crippen LogP contribution in [0.2, 0.25) is 0 Å². The van der Waals surface area contributed by atoms with E-state index in [1.54, 1.807) is 29.2 Å². The van der Waals surface area contributed by atoms with Crippen molar-refractivity contribution in [3.63, 3.8) is 0 Å². The van der Waals surface area contributed by atoms with Crippen LogP contribution in [0.5, 0.6) is 5.75 Å². The Bertz CT molecular complexity index is 956. The fraction of sp³-hybridized carbons (Fsp3) is 0.429. The molecule has 29 heavy (non-hydrogen) atoms. The van der Waals surface area contributed by atoms with Crippen molar-refractivity contribution in [2.45, 2.75) is 44.2 Å². The standard InChI is InChI=1S/C21H23N3O5/c25-19(24-10-4-9-17(24)20(26)22-13-5-3-6-13)12-29-18-11-16(21(27)28)23-15-8-2-1-7-14(15)18/h1-2,7-8,11,13,17H,3-6,9-10,12H2,(H,22,26)(H,27,28). The molecule has 2 aromatic rings. The quantitative estimate of drug-likeness (QED) is 0.771. The Kier molecular flexibility index (Phi) is 5.33. The summed E-state index contributed by atoms with van der Waals surface area (Å²) in [6.45, 7) is 0.253. The molecule has 1 unspecified atom stereocenters. The summed E-state index contributed by atoms with van der Waals surface area (Å²) in [4.78, 5) is 42.3. The molecule has 152 valence electrons. The SMILES string of the molecule is O=C(O)c1cc(OCC(=O)N2CCCC2C(=O)NC2CCC2)c2ccccc2n1. The van der Waals surface area contributed by atoms with E-state index in [4.69, 9.17) is 4.74 Å². The van der Waals surface area contributed by atoms with Crippen molar-refractivity contribution in [3.8, 4) is 5.75 Å². The van der Waals surface area contributed by atoms with Gasteiger partial charge in [0.2, 0.25) is 5.91 Å². The Balaban J connectivity index is 1.46. The van der Waals surface area contributed by atoms with E-state index < -0.39 is 12.0 Å². The molecule has 4 rings (SSSR count). The lowest BCUT2D eigenvalue weighted by molar-refractivity contribution is -0.140. The number of ether oxygens (including phenoxy) is 1. The molecule has 2 N–H and O–H groups in total. The molecule has 1 aromatic heterocycles. The number of rotatable bonds is 6. The number of nitrogens with zero attached hydrogens (tertiary/aromatic N) is 2. The van der Waals surface area contributed by atoms with Crippen molar-refractivity contribution < 1.29 is 24.2 Å². The molecule has 1 saturated heterocycles. The monoisotopic (exact) mass is 397 g/mol. The number of carboxylic acids is 1. The zero-order valence-electron chi connectivity index (χ0n) is 16.0. The van der Waals surface area contributed by atoms with Crippen LogP contribution in [-0.2, 0) is 9.59 Å². The van der Waals surface area contributed by atoms with Gasteiger partial charge in [-0.2, -0.15) is 0 Å². The van der Waals surface area contributed by atoms with Gasteiger partial charge in [-0.15, -0.1) is 0 Å². The first kappa shape index (κ1) is 19.2. The molecule has 0 spiro atoms. The number of carbonyl (C=O) groups is 3. The minimum Gasteiger partial charge on any atom is -0.483 e. The summed E-state index contributed by atoms with van der Waals surface area (Å²) in [5.74, 6) is -1.26. The lowest BCUT2D eigenvalue weighted by Gasteiger charge is -2.30. The van der Waals surface area contributed by atoms with Crippen LogP contribution in [0.15, 0.2) is 30.3 Å². The number of aromatic carboxylic acids is 1. The van der Waals surface area contributed by atoms with E-state index in [1.807, 2.05) is 0 Å². The summed E-state index contributed by atoms with van der Waals surface area (Å²) >= 11 is 0. The molecular weight excluding hydrogens is 374 g/mol. The Morgan fingerprint density at radius 2 is 1.97 bits per heavy atom. The fourth-order valence-electron chi connectivity index (χ4n) is 3.78. The van der Waals surface area contributed by atoms with E-state index in [-0.39, 0.29) is 35.9 Å². The Morgan fingerprint density at radius 3 is 2.69 bits per heavy atom. The first-order chi connectivity index (χ1) is 14.0. The molecular formula is C21H23N3O5. The minimum absolute atomic E-state index is 0.0944. The van der Waals surface area contributed by atoms with Gasteiger partial charge in [0.25, 0.3) is 5.91 Å². The van der Waals surface area contributed by atoms with Crippen molar-refractivity contribution >= 4 is 28.7 Å². The number of para-hydroxylation sites is 1. The van der Waals surface area contributed by atoms with Crippen LogP contribution in [-0.4, -0.2) is 58.0 Å². The van der Waals surface area contributed by atoms with E-state index in [0.717, 1.165) is 25.7 Å². The normalized spacial score (nSPS) is 19.0. The number of aromatic nitrogens is 1. The number of amides is 2. The predicted octanol–water partition coefficient (Wildman–Crippen LogP) is 1.97. The Labute approximate surface area is 167 Å². The third kappa shape index (κ3) is 4.01. The first-order valence-electron chi connectivity index (χ1n) is 9.88. The number of carbonyl (C=O) groups excluding carboxylic acids is 2. The molecule has 2 heterocycles. The van der Waals surface area contributed by atoms with Crippen molar-refractivity contribution in [3.05, 3.63) is 36.0 Å². The van der Waals surface area contributed by atoms with Gasteiger partial charge in [0.1, 0.15) is 11.8 Å². The highest BCUT2D eigenvalue weighted by Gasteiger charge is 2.35. The van der Waals surface area contributed by atoms with Crippen molar-refractivity contribution in [1.82, 2.24) is 15.2 Å². The maximum absolute atomic E-state index is 12.7. The number of pyridine rings is 1. The zero-order chi connectivity index (χ0) is 20.4. The number of fused-ring (bicyclic) bond motifs is 1. The topological polar surface area (TPSA) is 109 Å². The van der Waals surface area contributed by atoms with Gasteiger partial charge in [0.05, 0.1) is 5.52 Å². The van der Waals surface area contributed by atoms with Gasteiger partial charge >= 0.3 is 5.97 Å². The minimum atomic E-state index is -1.17. The largest absolute Gasteiger partial charge is 0.483 e. The third-order valence-corrected chi connectivity index (χ3v) is 5.58. The van der Waals surface area contributed by atoms with Crippen LogP contribution in [0, 0.1) is 0 Å². The number of nitrogens with one attached hydrogen (secondary N) is 1. The van der Waals surface area contributed by atoms with Gasteiger partial charge < -0.3 is 20.1 Å². The van der Waals surface area contributed by atoms with Crippen LogP contribution in [0.25, 0.3) is 10.9 Å². The highest BCUT2D eigenvalue weighted by molar-refractivity contribution is 5.93. The van der Waals surface area contributed by atoms with Crippen LogP contribution in [0.3, 0.4) is 0 Å². The molecule has 1 atom stereocenters. The highest BCUT2D eigenvalue weighted by atomic mass is 16.5. The van der Waals surface area contributed by atoms with E-state index in [0.29, 0.717) is 23.9 Å². The Hall–Kier alpha value is -3.16. The smallest absolute Gasteiger partial charge is 0.354 e.